The van der Waals surface area contributed by atoms with Crippen molar-refractivity contribution in [2.45, 2.75) is 39.5 Å². The molecule has 0 saturated heterocycles. The van der Waals surface area contributed by atoms with Crippen LogP contribution in [0.25, 0.3) is 22.5 Å². The molecule has 2 heterocycles. The molecule has 0 fully saturated rings. The number of aryl methyl sites for hydroxylation is 1. The molecule has 0 aliphatic carbocycles. The van der Waals surface area contributed by atoms with Gasteiger partial charge in [0.1, 0.15) is 18.1 Å². The first kappa shape index (κ1) is 22.6. The van der Waals surface area contributed by atoms with Gasteiger partial charge in [0.15, 0.2) is 0 Å². The fraction of sp³-hybridized carbons (Fsp3) is 0.292. The summed E-state index contributed by atoms with van der Waals surface area (Å²) in [5.41, 5.74) is 0.553. The van der Waals surface area contributed by atoms with Crippen LogP contribution in [0.4, 0.5) is 19.2 Å². The molecule has 1 N–H and O–H groups in total. The summed E-state index contributed by atoms with van der Waals surface area (Å²) in [6, 6.07) is 13.6. The van der Waals surface area contributed by atoms with E-state index in [2.05, 4.69) is 27.4 Å². The number of halogens is 3. The van der Waals surface area contributed by atoms with Crippen LogP contribution in [-0.4, -0.2) is 21.7 Å². The van der Waals surface area contributed by atoms with Gasteiger partial charge in [0.2, 0.25) is 0 Å². The van der Waals surface area contributed by atoms with Crippen LogP contribution in [0.5, 0.6) is 5.75 Å². The number of fused-ring (bicyclic) bond motifs is 1. The first-order valence-corrected chi connectivity index (χ1v) is 10.6. The van der Waals surface area contributed by atoms with Crippen LogP contribution < -0.4 is 10.1 Å². The van der Waals surface area contributed by atoms with Crippen LogP contribution in [0.3, 0.4) is 0 Å². The molecule has 4 aromatic rings. The van der Waals surface area contributed by atoms with Gasteiger partial charge >= 0.3 is 12.2 Å². The standard InChI is InChI=1S/C24H23F3N4O2/c1-3-4-10-28-23-31-30-22(33-23)20-11-15(2)18-12-17(32-14-16-8-6-5-7-9-16)13-19(21(18)29-20)24(25,26)27/h5-9,11-13H,3-4,10,14H2,1-2H3,(H,28,31). The van der Waals surface area contributed by atoms with Crippen molar-refractivity contribution in [1.29, 1.82) is 0 Å². The number of ether oxygens (including phenoxy) is 1. The molecule has 33 heavy (non-hydrogen) atoms. The van der Waals surface area contributed by atoms with E-state index in [4.69, 9.17) is 9.15 Å². The first-order valence-electron chi connectivity index (χ1n) is 10.6. The zero-order chi connectivity index (χ0) is 23.4. The van der Waals surface area contributed by atoms with E-state index >= 15 is 0 Å². The molecule has 0 aliphatic rings. The van der Waals surface area contributed by atoms with Crippen LogP contribution in [0.2, 0.25) is 0 Å². The Kier molecular flexibility index (Phi) is 6.48. The molecule has 4 rings (SSSR count). The number of benzene rings is 2. The van der Waals surface area contributed by atoms with Crippen LogP contribution in [-0.2, 0) is 12.8 Å². The van der Waals surface area contributed by atoms with Crippen molar-refractivity contribution in [3.8, 4) is 17.3 Å². The average molecular weight is 456 g/mol. The van der Waals surface area contributed by atoms with E-state index < -0.39 is 11.7 Å². The lowest BCUT2D eigenvalue weighted by molar-refractivity contribution is -0.136. The molecule has 0 unspecified atom stereocenters. The van der Waals surface area contributed by atoms with Gasteiger partial charge < -0.3 is 14.5 Å². The van der Waals surface area contributed by atoms with Gasteiger partial charge in [-0.15, -0.1) is 5.10 Å². The number of hydrogen-bond donors (Lipinski definition) is 1. The van der Waals surface area contributed by atoms with Gasteiger partial charge in [0.05, 0.1) is 11.1 Å². The topological polar surface area (TPSA) is 73.1 Å². The zero-order valence-electron chi connectivity index (χ0n) is 18.2. The lowest BCUT2D eigenvalue weighted by Gasteiger charge is -2.15. The molecule has 0 aliphatic heterocycles. The maximum Gasteiger partial charge on any atom is 0.418 e. The van der Waals surface area contributed by atoms with Crippen molar-refractivity contribution in [3.05, 3.63) is 65.2 Å². The molecular formula is C24H23F3N4O2. The second-order valence-electron chi connectivity index (χ2n) is 7.66. The molecule has 0 amide bonds. The van der Waals surface area contributed by atoms with E-state index in [9.17, 15) is 13.2 Å². The predicted molar refractivity (Wildman–Crippen MR) is 119 cm³/mol. The van der Waals surface area contributed by atoms with Gasteiger partial charge in [-0.05, 0) is 42.7 Å². The van der Waals surface area contributed by atoms with E-state index in [-0.39, 0.29) is 35.5 Å². The molecule has 0 atom stereocenters. The van der Waals surface area contributed by atoms with Crippen LogP contribution >= 0.6 is 0 Å². The maximum absolute atomic E-state index is 13.9. The quantitative estimate of drug-likeness (QED) is 0.309. The van der Waals surface area contributed by atoms with Crippen molar-refractivity contribution in [1.82, 2.24) is 15.2 Å². The number of anilines is 1. The highest BCUT2D eigenvalue weighted by atomic mass is 19.4. The molecule has 0 radical (unpaired) electrons. The van der Waals surface area contributed by atoms with Crippen molar-refractivity contribution in [3.63, 3.8) is 0 Å². The Hall–Kier alpha value is -3.62. The molecule has 172 valence electrons. The SMILES string of the molecule is CCCCNc1nnc(-c2cc(C)c3cc(OCc4ccccc4)cc(C(F)(F)F)c3n2)o1. The second kappa shape index (κ2) is 9.48. The normalized spacial score (nSPS) is 11.7. The number of hydrogen-bond acceptors (Lipinski definition) is 6. The molecule has 2 aromatic heterocycles. The molecule has 9 heteroatoms. The van der Waals surface area contributed by atoms with Gasteiger partial charge in [-0.1, -0.05) is 48.8 Å². The van der Waals surface area contributed by atoms with E-state index in [0.717, 1.165) is 24.5 Å². The van der Waals surface area contributed by atoms with Crippen LogP contribution in [0, 0.1) is 6.92 Å². The largest absolute Gasteiger partial charge is 0.489 e. The Morgan fingerprint density at radius 1 is 1.06 bits per heavy atom. The third kappa shape index (κ3) is 5.24. The minimum Gasteiger partial charge on any atom is -0.489 e. The Bertz CT molecular complexity index is 1240. The number of nitrogens with zero attached hydrogens (tertiary/aromatic N) is 3. The molecule has 2 aromatic carbocycles. The highest BCUT2D eigenvalue weighted by molar-refractivity contribution is 5.88. The summed E-state index contributed by atoms with van der Waals surface area (Å²) in [4.78, 5) is 4.24. The fourth-order valence-electron chi connectivity index (χ4n) is 3.38. The Morgan fingerprint density at radius 3 is 2.58 bits per heavy atom. The second-order valence-corrected chi connectivity index (χ2v) is 7.66. The number of alkyl halides is 3. The van der Waals surface area contributed by atoms with Crippen molar-refractivity contribution in [2.75, 3.05) is 11.9 Å². The van der Waals surface area contributed by atoms with E-state index in [1.54, 1.807) is 19.1 Å². The maximum atomic E-state index is 13.9. The van der Waals surface area contributed by atoms with Gasteiger partial charge in [-0.2, -0.15) is 13.2 Å². The number of pyridine rings is 1. The Morgan fingerprint density at radius 2 is 1.85 bits per heavy atom. The number of nitrogens with one attached hydrogen (secondary N) is 1. The third-order valence-corrected chi connectivity index (χ3v) is 5.10. The predicted octanol–water partition coefficient (Wildman–Crippen LogP) is 6.40. The fourth-order valence-corrected chi connectivity index (χ4v) is 3.38. The molecule has 0 bridgehead atoms. The summed E-state index contributed by atoms with van der Waals surface area (Å²) >= 11 is 0. The smallest absolute Gasteiger partial charge is 0.418 e. The number of rotatable bonds is 8. The van der Waals surface area contributed by atoms with Crippen molar-refractivity contribution >= 4 is 16.9 Å². The van der Waals surface area contributed by atoms with Gasteiger partial charge in [0.25, 0.3) is 5.89 Å². The monoisotopic (exact) mass is 456 g/mol. The highest BCUT2D eigenvalue weighted by Crippen LogP contribution is 2.39. The summed E-state index contributed by atoms with van der Waals surface area (Å²) in [5, 5.41) is 11.2. The first-order chi connectivity index (χ1) is 15.8. The summed E-state index contributed by atoms with van der Waals surface area (Å²) in [6.07, 6.45) is -2.70. The lowest BCUT2D eigenvalue weighted by Crippen LogP contribution is -2.08. The van der Waals surface area contributed by atoms with Crippen molar-refractivity contribution < 1.29 is 22.3 Å². The minimum absolute atomic E-state index is 0.0523. The molecule has 0 spiro atoms. The summed E-state index contributed by atoms with van der Waals surface area (Å²) in [5.74, 6) is 0.174. The minimum atomic E-state index is -4.62. The lowest BCUT2D eigenvalue weighted by atomic mass is 10.0. The van der Waals surface area contributed by atoms with Crippen LogP contribution in [0.1, 0.15) is 36.5 Å². The summed E-state index contributed by atoms with van der Waals surface area (Å²) in [6.45, 7) is 4.58. The molecule has 0 saturated carbocycles. The molecule has 6 nitrogen and oxygen atoms in total. The van der Waals surface area contributed by atoms with E-state index in [1.165, 1.54) is 0 Å². The van der Waals surface area contributed by atoms with Gasteiger partial charge in [0, 0.05) is 11.9 Å². The Balaban J connectivity index is 1.70. The molecular weight excluding hydrogens is 433 g/mol. The zero-order valence-corrected chi connectivity index (χ0v) is 18.2. The van der Waals surface area contributed by atoms with E-state index in [1.807, 2.05) is 30.3 Å². The van der Waals surface area contributed by atoms with Gasteiger partial charge in [-0.25, -0.2) is 4.98 Å². The number of unbranched alkanes of at least 4 members (excludes halogenated alkanes) is 1. The highest BCUT2D eigenvalue weighted by Gasteiger charge is 2.35. The number of aromatic nitrogens is 3. The van der Waals surface area contributed by atoms with E-state index in [0.29, 0.717) is 17.5 Å². The third-order valence-electron chi connectivity index (χ3n) is 5.10. The summed E-state index contributed by atoms with van der Waals surface area (Å²) in [7, 11) is 0. The summed E-state index contributed by atoms with van der Waals surface area (Å²) < 4.78 is 53.1. The van der Waals surface area contributed by atoms with Gasteiger partial charge in [-0.3, -0.25) is 0 Å². The van der Waals surface area contributed by atoms with Crippen LogP contribution in [0.15, 0.2) is 52.9 Å². The Labute approximate surface area is 188 Å². The van der Waals surface area contributed by atoms with Crippen molar-refractivity contribution in [2.24, 2.45) is 0 Å². The average Bonchev–Trinajstić information content (AvgIpc) is 3.26.